The first-order valence-corrected chi connectivity index (χ1v) is 9.77. The van der Waals surface area contributed by atoms with Gasteiger partial charge in [0, 0.05) is 13.0 Å². The first-order chi connectivity index (χ1) is 14.4. The normalized spacial score (nSPS) is 11.3. The number of carboxylic acid groups (broad SMARTS) is 1. The van der Waals surface area contributed by atoms with Crippen LogP contribution in [0.1, 0.15) is 29.5 Å². The lowest BCUT2D eigenvalue weighted by atomic mass is 10.0. The van der Waals surface area contributed by atoms with Crippen LogP contribution in [0.4, 0.5) is 4.79 Å². The number of nitrogens with zero attached hydrogens (tertiary/aromatic N) is 1. The number of carbonyl (C=O) groups excluding carboxylic acids is 1. The molecule has 0 radical (unpaired) electrons. The van der Waals surface area contributed by atoms with E-state index in [1.165, 1.54) is 0 Å². The summed E-state index contributed by atoms with van der Waals surface area (Å²) >= 11 is 0. The number of carbonyl (C=O) groups is 2. The zero-order valence-electron chi connectivity index (χ0n) is 16.8. The number of alkyl carbamates (subject to hydrolysis) is 1. The van der Waals surface area contributed by atoms with Gasteiger partial charge in [-0.3, -0.25) is 4.99 Å². The Morgan fingerprint density at radius 2 is 1.63 bits per heavy atom. The van der Waals surface area contributed by atoms with Crippen LogP contribution in [0.15, 0.2) is 59.6 Å². The van der Waals surface area contributed by atoms with Crippen LogP contribution in [0.5, 0.6) is 0 Å². The highest BCUT2D eigenvalue weighted by Crippen LogP contribution is 2.11. The lowest BCUT2D eigenvalue weighted by molar-refractivity contribution is -0.139. The van der Waals surface area contributed by atoms with Crippen LogP contribution in [0.2, 0.25) is 0 Å². The molecule has 0 aliphatic heterocycles. The molecule has 8 nitrogen and oxygen atoms in total. The molecule has 2 aromatic rings. The van der Waals surface area contributed by atoms with E-state index in [1.54, 1.807) is 0 Å². The molecule has 8 heteroatoms. The summed E-state index contributed by atoms with van der Waals surface area (Å²) in [7, 11) is 0. The highest BCUT2D eigenvalue weighted by molar-refractivity contribution is 5.80. The number of aryl methyl sites for hydroxylation is 1. The molecule has 2 aromatic carbocycles. The smallest absolute Gasteiger partial charge is 0.408 e. The number of nitrogens with two attached hydrogens (primary N) is 2. The second-order valence-corrected chi connectivity index (χ2v) is 6.88. The van der Waals surface area contributed by atoms with Crippen LogP contribution in [0.3, 0.4) is 0 Å². The second kappa shape index (κ2) is 12.1. The van der Waals surface area contributed by atoms with Gasteiger partial charge in [-0.2, -0.15) is 0 Å². The minimum absolute atomic E-state index is 0.0803. The third kappa shape index (κ3) is 8.64. The summed E-state index contributed by atoms with van der Waals surface area (Å²) in [5, 5.41) is 11.8. The zero-order valence-corrected chi connectivity index (χ0v) is 16.8. The number of guanidine groups is 1. The van der Waals surface area contributed by atoms with Crippen LogP contribution in [-0.4, -0.2) is 35.7 Å². The Bertz CT molecular complexity index is 834. The molecular formula is C22H28N4O4. The van der Waals surface area contributed by atoms with Crippen molar-refractivity contribution >= 4 is 18.0 Å². The van der Waals surface area contributed by atoms with E-state index in [2.05, 4.69) is 10.3 Å². The molecule has 2 rings (SSSR count). The lowest BCUT2D eigenvalue weighted by Gasteiger charge is -2.15. The Hall–Kier alpha value is -3.55. The van der Waals surface area contributed by atoms with E-state index in [0.717, 1.165) is 36.0 Å². The van der Waals surface area contributed by atoms with Gasteiger partial charge >= 0.3 is 12.1 Å². The van der Waals surface area contributed by atoms with Crippen molar-refractivity contribution < 1.29 is 19.4 Å². The molecule has 0 aromatic heterocycles. The van der Waals surface area contributed by atoms with Crippen LogP contribution in [0.25, 0.3) is 0 Å². The van der Waals surface area contributed by atoms with Gasteiger partial charge in [-0.25, -0.2) is 9.59 Å². The summed E-state index contributed by atoms with van der Waals surface area (Å²) in [6, 6.07) is 15.8. The molecule has 1 amide bonds. The number of ether oxygens (including phenoxy) is 1. The Morgan fingerprint density at radius 3 is 2.27 bits per heavy atom. The van der Waals surface area contributed by atoms with Crippen molar-refractivity contribution in [1.29, 1.82) is 0 Å². The van der Waals surface area contributed by atoms with Gasteiger partial charge in [-0.15, -0.1) is 0 Å². The Morgan fingerprint density at radius 1 is 0.967 bits per heavy atom. The Labute approximate surface area is 175 Å². The molecule has 0 fully saturated rings. The van der Waals surface area contributed by atoms with Crippen LogP contribution in [-0.2, 0) is 29.0 Å². The number of nitrogens with one attached hydrogen (secondary N) is 1. The molecule has 0 aliphatic carbocycles. The van der Waals surface area contributed by atoms with Crippen molar-refractivity contribution in [2.45, 2.75) is 38.3 Å². The molecule has 0 bridgehead atoms. The van der Waals surface area contributed by atoms with Crippen LogP contribution < -0.4 is 16.8 Å². The van der Waals surface area contributed by atoms with E-state index in [9.17, 15) is 14.7 Å². The van der Waals surface area contributed by atoms with Gasteiger partial charge in [-0.05, 0) is 36.0 Å². The van der Waals surface area contributed by atoms with Crippen molar-refractivity contribution in [3.05, 3.63) is 71.3 Å². The molecule has 6 N–H and O–H groups in total. The molecule has 0 saturated heterocycles. The predicted octanol–water partition coefficient (Wildman–Crippen LogP) is 2.20. The Balaban J connectivity index is 1.80. The van der Waals surface area contributed by atoms with Crippen LogP contribution >= 0.6 is 0 Å². The van der Waals surface area contributed by atoms with E-state index in [4.69, 9.17) is 16.2 Å². The number of carboxylic acids is 1. The van der Waals surface area contributed by atoms with Crippen molar-refractivity contribution in [3.8, 4) is 0 Å². The van der Waals surface area contributed by atoms with Crippen molar-refractivity contribution in [2.75, 3.05) is 6.54 Å². The number of hydrogen-bond donors (Lipinski definition) is 4. The maximum absolute atomic E-state index is 12.0. The summed E-state index contributed by atoms with van der Waals surface area (Å²) in [5.41, 5.74) is 13.4. The largest absolute Gasteiger partial charge is 0.480 e. The molecule has 0 heterocycles. The topological polar surface area (TPSA) is 140 Å². The predicted molar refractivity (Wildman–Crippen MR) is 115 cm³/mol. The fourth-order valence-corrected chi connectivity index (χ4v) is 2.83. The quantitative estimate of drug-likeness (QED) is 0.253. The monoisotopic (exact) mass is 412 g/mol. The lowest BCUT2D eigenvalue weighted by Crippen LogP contribution is -2.42. The van der Waals surface area contributed by atoms with Gasteiger partial charge in [0.25, 0.3) is 0 Å². The van der Waals surface area contributed by atoms with Gasteiger partial charge in [0.05, 0.1) is 0 Å². The maximum Gasteiger partial charge on any atom is 0.408 e. The van der Waals surface area contributed by atoms with Gasteiger partial charge < -0.3 is 26.6 Å². The van der Waals surface area contributed by atoms with Gasteiger partial charge in [0.15, 0.2) is 5.96 Å². The summed E-state index contributed by atoms with van der Waals surface area (Å²) in [5.74, 6) is -1.01. The standard InChI is InChI=1S/C22H28N4O4/c23-21(24)25-13-5-4-6-16-9-11-17(12-10-16)14-19(20(27)28)26-22(29)30-15-18-7-2-1-3-8-18/h1-3,7-12,19H,4-6,13-15H2,(H,26,29)(H,27,28)(H4,23,24,25). The fourth-order valence-electron chi connectivity index (χ4n) is 2.83. The van der Waals surface area contributed by atoms with E-state index in [1.807, 2.05) is 54.6 Å². The number of rotatable bonds is 11. The number of hydrogen-bond acceptors (Lipinski definition) is 4. The molecule has 1 atom stereocenters. The molecular weight excluding hydrogens is 384 g/mol. The zero-order chi connectivity index (χ0) is 21.8. The first kappa shape index (κ1) is 22.7. The van der Waals surface area contributed by atoms with Crippen molar-refractivity contribution in [3.63, 3.8) is 0 Å². The highest BCUT2D eigenvalue weighted by atomic mass is 16.5. The molecule has 160 valence electrons. The number of aliphatic carboxylic acids is 1. The molecule has 0 aliphatic rings. The van der Waals surface area contributed by atoms with E-state index >= 15 is 0 Å². The molecule has 1 unspecified atom stereocenters. The summed E-state index contributed by atoms with van der Waals surface area (Å²) in [6.07, 6.45) is 2.12. The summed E-state index contributed by atoms with van der Waals surface area (Å²) < 4.78 is 5.11. The number of benzene rings is 2. The van der Waals surface area contributed by atoms with E-state index in [-0.39, 0.29) is 19.0 Å². The van der Waals surface area contributed by atoms with Gasteiger partial charge in [0.2, 0.25) is 0 Å². The van der Waals surface area contributed by atoms with E-state index < -0.39 is 18.1 Å². The average molecular weight is 412 g/mol. The number of amides is 1. The van der Waals surface area contributed by atoms with Crippen molar-refractivity contribution in [2.24, 2.45) is 16.5 Å². The fraction of sp³-hybridized carbons (Fsp3) is 0.318. The van der Waals surface area contributed by atoms with Crippen LogP contribution in [0, 0.1) is 0 Å². The first-order valence-electron chi connectivity index (χ1n) is 9.77. The second-order valence-electron chi connectivity index (χ2n) is 6.88. The minimum atomic E-state index is -1.12. The maximum atomic E-state index is 12.0. The molecule has 0 saturated carbocycles. The minimum Gasteiger partial charge on any atom is -0.480 e. The van der Waals surface area contributed by atoms with Gasteiger partial charge in [0.1, 0.15) is 12.6 Å². The van der Waals surface area contributed by atoms with Crippen molar-refractivity contribution in [1.82, 2.24) is 5.32 Å². The summed E-state index contributed by atoms with van der Waals surface area (Å²) in [4.78, 5) is 27.4. The summed E-state index contributed by atoms with van der Waals surface area (Å²) in [6.45, 7) is 0.684. The number of unbranched alkanes of at least 4 members (excludes halogenated alkanes) is 1. The highest BCUT2D eigenvalue weighted by Gasteiger charge is 2.21. The molecule has 30 heavy (non-hydrogen) atoms. The van der Waals surface area contributed by atoms with Gasteiger partial charge in [-0.1, -0.05) is 54.6 Å². The third-order valence-corrected chi connectivity index (χ3v) is 4.43. The Kier molecular flexibility index (Phi) is 9.18. The third-order valence-electron chi connectivity index (χ3n) is 4.43. The molecule has 0 spiro atoms. The SMILES string of the molecule is NC(N)=NCCCCc1ccc(CC(NC(=O)OCc2ccccc2)C(=O)O)cc1. The number of aliphatic imine (C=N–C) groups is 1. The van der Waals surface area contributed by atoms with E-state index in [0.29, 0.717) is 6.54 Å². The average Bonchev–Trinajstić information content (AvgIpc) is 2.73.